The molecule has 4 rings (SSSR count). The molecule has 20 heavy (non-hydrogen) atoms. The van der Waals surface area contributed by atoms with Gasteiger partial charge in [-0.25, -0.2) is 0 Å². The van der Waals surface area contributed by atoms with E-state index in [4.69, 9.17) is 5.73 Å². The van der Waals surface area contributed by atoms with E-state index in [1.807, 2.05) is 0 Å². The topological polar surface area (TPSA) is 56.9 Å². The third kappa shape index (κ3) is 3.50. The summed E-state index contributed by atoms with van der Waals surface area (Å²) in [7, 11) is 0. The van der Waals surface area contributed by atoms with Gasteiger partial charge in [-0.05, 0) is 17.9 Å². The molecule has 2 bridgehead atoms. The minimum absolute atomic E-state index is 0.551. The van der Waals surface area contributed by atoms with Crippen molar-refractivity contribution in [2.24, 2.45) is 10.7 Å². The van der Waals surface area contributed by atoms with Crippen LogP contribution >= 0.6 is 11.3 Å². The number of guanidine groups is 1. The van der Waals surface area contributed by atoms with Crippen molar-refractivity contribution >= 4 is 17.3 Å². The predicted octanol–water partition coefficient (Wildman–Crippen LogP) is 0.195. The maximum atomic E-state index is 5.94. The van der Waals surface area contributed by atoms with Crippen LogP contribution in [-0.2, 0) is 6.42 Å². The van der Waals surface area contributed by atoms with Crippen molar-refractivity contribution in [2.45, 2.75) is 12.5 Å². The zero-order valence-corrected chi connectivity index (χ0v) is 12.6. The van der Waals surface area contributed by atoms with Crippen molar-refractivity contribution < 1.29 is 0 Å². The Hall–Kier alpha value is -1.11. The SMILES string of the molecule is NC(=NCC1CN2CCN1CC2)NCCc1cccs1. The van der Waals surface area contributed by atoms with Crippen LogP contribution in [0.4, 0.5) is 0 Å². The van der Waals surface area contributed by atoms with Crippen molar-refractivity contribution in [3.8, 4) is 0 Å². The van der Waals surface area contributed by atoms with Gasteiger partial charge in [0.05, 0.1) is 6.54 Å². The van der Waals surface area contributed by atoms with E-state index in [0.29, 0.717) is 12.0 Å². The molecule has 0 amide bonds. The van der Waals surface area contributed by atoms with Gasteiger partial charge in [-0.3, -0.25) is 14.8 Å². The van der Waals surface area contributed by atoms with E-state index in [2.05, 4.69) is 37.6 Å². The van der Waals surface area contributed by atoms with E-state index in [1.54, 1.807) is 11.3 Å². The van der Waals surface area contributed by atoms with Crippen LogP contribution in [-0.4, -0.2) is 67.6 Å². The average molecular weight is 293 g/mol. The van der Waals surface area contributed by atoms with Crippen molar-refractivity contribution in [3.05, 3.63) is 22.4 Å². The standard InChI is InChI=1S/C14H23N5S/c15-14(16-4-3-13-2-1-9-20-13)17-10-12-11-18-5-7-19(12)8-6-18/h1-2,9,12H,3-8,10-11H2,(H3,15,16,17). The number of hydrogen-bond acceptors (Lipinski definition) is 4. The summed E-state index contributed by atoms with van der Waals surface area (Å²) >= 11 is 1.79. The highest BCUT2D eigenvalue weighted by molar-refractivity contribution is 7.09. The first-order valence-electron chi connectivity index (χ1n) is 7.34. The lowest BCUT2D eigenvalue weighted by molar-refractivity contribution is 0.0174. The van der Waals surface area contributed by atoms with Crippen LogP contribution < -0.4 is 11.1 Å². The fraction of sp³-hybridized carbons (Fsp3) is 0.643. The summed E-state index contributed by atoms with van der Waals surface area (Å²) < 4.78 is 0. The summed E-state index contributed by atoms with van der Waals surface area (Å²) in [6.07, 6.45) is 1.01. The Labute approximate surface area is 124 Å². The lowest BCUT2D eigenvalue weighted by Gasteiger charge is -2.47. The Bertz CT molecular complexity index is 436. The van der Waals surface area contributed by atoms with Crippen molar-refractivity contribution in [1.82, 2.24) is 15.1 Å². The van der Waals surface area contributed by atoms with Crippen molar-refractivity contribution in [2.75, 3.05) is 45.8 Å². The molecule has 3 aliphatic heterocycles. The van der Waals surface area contributed by atoms with Gasteiger partial charge in [-0.1, -0.05) is 6.07 Å². The second-order valence-electron chi connectivity index (χ2n) is 5.47. The number of nitrogens with zero attached hydrogens (tertiary/aromatic N) is 3. The molecule has 1 unspecified atom stereocenters. The Kier molecular flexibility index (Phi) is 4.54. The number of fused-ring (bicyclic) bond motifs is 3. The number of thiophene rings is 1. The molecule has 5 nitrogen and oxygen atoms in total. The Morgan fingerprint density at radius 3 is 2.90 bits per heavy atom. The summed E-state index contributed by atoms with van der Waals surface area (Å²) in [5, 5.41) is 5.31. The minimum Gasteiger partial charge on any atom is -0.370 e. The van der Waals surface area contributed by atoms with Gasteiger partial charge in [-0.2, -0.15) is 0 Å². The first-order valence-corrected chi connectivity index (χ1v) is 8.22. The molecule has 4 heterocycles. The van der Waals surface area contributed by atoms with Gasteiger partial charge in [0.1, 0.15) is 0 Å². The second-order valence-corrected chi connectivity index (χ2v) is 6.50. The molecule has 6 heteroatoms. The zero-order chi connectivity index (χ0) is 13.8. The van der Waals surface area contributed by atoms with Gasteiger partial charge in [0, 0.05) is 50.2 Å². The molecule has 3 fully saturated rings. The molecule has 110 valence electrons. The van der Waals surface area contributed by atoms with Crippen LogP contribution in [0, 0.1) is 0 Å². The first-order chi connectivity index (χ1) is 9.81. The number of rotatable bonds is 5. The maximum absolute atomic E-state index is 5.94. The van der Waals surface area contributed by atoms with E-state index in [0.717, 1.165) is 26.1 Å². The molecule has 3 aliphatic rings. The lowest BCUT2D eigenvalue weighted by Crippen LogP contribution is -2.61. The highest BCUT2D eigenvalue weighted by Gasteiger charge is 2.31. The monoisotopic (exact) mass is 293 g/mol. The summed E-state index contributed by atoms with van der Waals surface area (Å²) in [5.41, 5.74) is 5.94. The Morgan fingerprint density at radius 1 is 1.40 bits per heavy atom. The minimum atomic E-state index is 0.551. The highest BCUT2D eigenvalue weighted by Crippen LogP contribution is 2.15. The van der Waals surface area contributed by atoms with Crippen molar-refractivity contribution in [1.29, 1.82) is 0 Å². The average Bonchev–Trinajstić information content (AvgIpc) is 3.00. The van der Waals surface area contributed by atoms with Crippen LogP contribution in [0.3, 0.4) is 0 Å². The normalized spacial score (nSPS) is 29.6. The Balaban J connectivity index is 1.39. The second kappa shape index (κ2) is 6.56. The fourth-order valence-corrected chi connectivity index (χ4v) is 3.63. The predicted molar refractivity (Wildman–Crippen MR) is 84.3 cm³/mol. The van der Waals surface area contributed by atoms with Gasteiger partial charge in [-0.15, -0.1) is 11.3 Å². The van der Waals surface area contributed by atoms with Gasteiger partial charge >= 0.3 is 0 Å². The summed E-state index contributed by atoms with van der Waals surface area (Å²) in [6, 6.07) is 4.79. The number of aliphatic imine (C=N–C) groups is 1. The summed E-state index contributed by atoms with van der Waals surface area (Å²) in [6.45, 7) is 7.62. The van der Waals surface area contributed by atoms with Crippen LogP contribution in [0.15, 0.2) is 22.5 Å². The number of nitrogens with two attached hydrogens (primary N) is 1. The van der Waals surface area contributed by atoms with Gasteiger partial charge in [0.25, 0.3) is 0 Å². The molecule has 0 saturated carbocycles. The van der Waals surface area contributed by atoms with Gasteiger partial charge in [0.2, 0.25) is 0 Å². The molecule has 0 aliphatic carbocycles. The van der Waals surface area contributed by atoms with E-state index in [1.165, 1.54) is 31.1 Å². The van der Waals surface area contributed by atoms with Crippen LogP contribution in [0.5, 0.6) is 0 Å². The molecule has 1 atom stereocenters. The number of nitrogens with one attached hydrogen (secondary N) is 1. The lowest BCUT2D eigenvalue weighted by atomic mass is 10.1. The quantitative estimate of drug-likeness (QED) is 0.601. The van der Waals surface area contributed by atoms with Crippen molar-refractivity contribution in [3.63, 3.8) is 0 Å². The van der Waals surface area contributed by atoms with E-state index < -0.39 is 0 Å². The number of piperazine rings is 3. The van der Waals surface area contributed by atoms with Crippen LogP contribution in [0.1, 0.15) is 4.88 Å². The molecular weight excluding hydrogens is 270 g/mol. The molecule has 0 aromatic carbocycles. The fourth-order valence-electron chi connectivity index (χ4n) is 2.93. The van der Waals surface area contributed by atoms with Gasteiger partial charge < -0.3 is 11.1 Å². The van der Waals surface area contributed by atoms with Gasteiger partial charge in [0.15, 0.2) is 5.96 Å². The first kappa shape index (κ1) is 13.9. The van der Waals surface area contributed by atoms with E-state index in [9.17, 15) is 0 Å². The zero-order valence-electron chi connectivity index (χ0n) is 11.8. The molecule has 0 radical (unpaired) electrons. The van der Waals surface area contributed by atoms with E-state index in [-0.39, 0.29) is 0 Å². The highest BCUT2D eigenvalue weighted by atomic mass is 32.1. The van der Waals surface area contributed by atoms with Crippen LogP contribution in [0.25, 0.3) is 0 Å². The van der Waals surface area contributed by atoms with Crippen LogP contribution in [0.2, 0.25) is 0 Å². The molecule has 1 aromatic rings. The molecular formula is C14H23N5S. The Morgan fingerprint density at radius 2 is 2.25 bits per heavy atom. The van der Waals surface area contributed by atoms with E-state index >= 15 is 0 Å². The summed E-state index contributed by atoms with van der Waals surface area (Å²) in [4.78, 5) is 11.0. The molecule has 0 spiro atoms. The third-order valence-corrected chi connectivity index (χ3v) is 5.06. The number of hydrogen-bond donors (Lipinski definition) is 2. The maximum Gasteiger partial charge on any atom is 0.188 e. The molecule has 3 N–H and O–H groups in total. The third-order valence-electron chi connectivity index (χ3n) is 4.12. The molecule has 3 saturated heterocycles. The largest absolute Gasteiger partial charge is 0.370 e. The summed E-state index contributed by atoms with van der Waals surface area (Å²) in [5.74, 6) is 0.583. The smallest absolute Gasteiger partial charge is 0.188 e. The molecule has 1 aromatic heterocycles.